The number of hydrogen-bond acceptors (Lipinski definition) is 4. The molecule has 0 bridgehead atoms. The number of nitrogens with one attached hydrogen (secondary N) is 1. The van der Waals surface area contributed by atoms with Crippen LogP contribution >= 0.6 is 0 Å². The van der Waals surface area contributed by atoms with E-state index in [1.165, 1.54) is 5.56 Å². The molecule has 0 radical (unpaired) electrons. The van der Waals surface area contributed by atoms with Crippen molar-refractivity contribution in [2.45, 2.75) is 6.54 Å². The predicted molar refractivity (Wildman–Crippen MR) is 64.4 cm³/mol. The molecule has 0 amide bonds. The Labute approximate surface area is 96.2 Å². The first-order valence-corrected chi connectivity index (χ1v) is 5.42. The number of fused-ring (bicyclic) bond motifs is 1. The van der Waals surface area contributed by atoms with E-state index in [0.717, 1.165) is 36.8 Å². The number of anilines is 1. The normalized spacial score (nSPS) is 15.9. The summed E-state index contributed by atoms with van der Waals surface area (Å²) in [5.74, 6) is 1.57. The Bertz CT molecular complexity index is 380. The van der Waals surface area contributed by atoms with E-state index in [2.05, 4.69) is 17.3 Å². The molecule has 1 aromatic rings. The number of hydrogen-bond donors (Lipinski definition) is 1. The fourth-order valence-corrected chi connectivity index (χ4v) is 1.97. The highest BCUT2D eigenvalue weighted by atomic mass is 16.5. The van der Waals surface area contributed by atoms with Gasteiger partial charge in [-0.25, -0.2) is 0 Å². The number of nitrogens with zero attached hydrogens (tertiary/aromatic N) is 1. The number of rotatable bonds is 2. The largest absolute Gasteiger partial charge is 0.493 e. The van der Waals surface area contributed by atoms with Gasteiger partial charge in [-0.2, -0.15) is 0 Å². The lowest BCUT2D eigenvalue weighted by molar-refractivity contribution is 0.341. The van der Waals surface area contributed by atoms with Crippen LogP contribution in [0.25, 0.3) is 0 Å². The minimum atomic E-state index is 0.776. The van der Waals surface area contributed by atoms with Crippen molar-refractivity contribution in [2.24, 2.45) is 0 Å². The lowest BCUT2D eigenvalue weighted by atomic mass is 10.1. The molecule has 16 heavy (non-hydrogen) atoms. The second-order valence-corrected chi connectivity index (χ2v) is 4.03. The summed E-state index contributed by atoms with van der Waals surface area (Å²) in [7, 11) is 5.44. The van der Waals surface area contributed by atoms with Crippen molar-refractivity contribution >= 4 is 5.69 Å². The summed E-state index contributed by atoms with van der Waals surface area (Å²) < 4.78 is 10.6. The average Bonchev–Trinajstić information content (AvgIpc) is 2.47. The molecule has 1 heterocycles. The van der Waals surface area contributed by atoms with Crippen LogP contribution < -0.4 is 14.8 Å². The van der Waals surface area contributed by atoms with E-state index in [1.807, 2.05) is 12.1 Å². The number of ether oxygens (including phenoxy) is 2. The molecule has 1 aliphatic rings. The molecule has 0 fully saturated rings. The summed E-state index contributed by atoms with van der Waals surface area (Å²) in [5.41, 5.74) is 2.39. The zero-order chi connectivity index (χ0) is 11.5. The van der Waals surface area contributed by atoms with Crippen LogP contribution in [0.3, 0.4) is 0 Å². The van der Waals surface area contributed by atoms with Gasteiger partial charge in [0.05, 0.1) is 14.2 Å². The Kier molecular flexibility index (Phi) is 3.19. The maximum atomic E-state index is 5.31. The number of methoxy groups -OCH3 is 2. The lowest BCUT2D eigenvalue weighted by Gasteiger charge is -2.15. The third-order valence-electron chi connectivity index (χ3n) is 2.86. The summed E-state index contributed by atoms with van der Waals surface area (Å²) in [6.45, 7) is 2.93. The Morgan fingerprint density at radius 1 is 1.19 bits per heavy atom. The first-order valence-electron chi connectivity index (χ1n) is 5.42. The van der Waals surface area contributed by atoms with Gasteiger partial charge in [0, 0.05) is 31.4 Å². The molecular weight excluding hydrogens is 204 g/mol. The molecule has 1 N–H and O–H groups in total. The van der Waals surface area contributed by atoms with E-state index in [-0.39, 0.29) is 0 Å². The minimum Gasteiger partial charge on any atom is -0.493 e. The van der Waals surface area contributed by atoms with Gasteiger partial charge in [-0.3, -0.25) is 0 Å². The van der Waals surface area contributed by atoms with Crippen molar-refractivity contribution < 1.29 is 9.47 Å². The van der Waals surface area contributed by atoms with Gasteiger partial charge in [0.15, 0.2) is 11.5 Å². The maximum absolute atomic E-state index is 5.31. The van der Waals surface area contributed by atoms with Crippen LogP contribution in [0.2, 0.25) is 0 Å². The number of benzene rings is 1. The number of likely N-dealkylation sites (N-methyl/N-ethyl adjacent to an activating group) is 1. The zero-order valence-corrected chi connectivity index (χ0v) is 10.0. The van der Waals surface area contributed by atoms with Crippen molar-refractivity contribution in [2.75, 3.05) is 39.7 Å². The summed E-state index contributed by atoms with van der Waals surface area (Å²) in [6.07, 6.45) is 0. The van der Waals surface area contributed by atoms with Crippen molar-refractivity contribution in [1.82, 2.24) is 4.90 Å². The van der Waals surface area contributed by atoms with Crippen molar-refractivity contribution in [1.29, 1.82) is 0 Å². The molecular formula is C12H18N2O2. The van der Waals surface area contributed by atoms with E-state index >= 15 is 0 Å². The SMILES string of the molecule is COc1cc2c(cc1OC)NCCN(C)C2. The average molecular weight is 222 g/mol. The summed E-state index contributed by atoms with van der Waals surface area (Å²) in [6, 6.07) is 4.05. The van der Waals surface area contributed by atoms with Crippen LogP contribution in [-0.4, -0.2) is 39.3 Å². The fourth-order valence-electron chi connectivity index (χ4n) is 1.97. The first kappa shape index (κ1) is 11.1. The molecule has 0 atom stereocenters. The second kappa shape index (κ2) is 4.61. The van der Waals surface area contributed by atoms with Gasteiger partial charge in [0.25, 0.3) is 0 Å². The van der Waals surface area contributed by atoms with Crippen LogP contribution in [0, 0.1) is 0 Å². The molecule has 2 rings (SSSR count). The van der Waals surface area contributed by atoms with Gasteiger partial charge >= 0.3 is 0 Å². The van der Waals surface area contributed by atoms with Crippen LogP contribution in [0.1, 0.15) is 5.56 Å². The summed E-state index contributed by atoms with van der Waals surface area (Å²) in [4.78, 5) is 2.28. The van der Waals surface area contributed by atoms with E-state index in [9.17, 15) is 0 Å². The van der Waals surface area contributed by atoms with E-state index in [0.29, 0.717) is 0 Å². The molecule has 1 aromatic carbocycles. The third-order valence-corrected chi connectivity index (χ3v) is 2.86. The summed E-state index contributed by atoms with van der Waals surface area (Å²) in [5, 5.41) is 3.40. The van der Waals surface area contributed by atoms with Gasteiger partial charge in [0.1, 0.15) is 0 Å². The van der Waals surface area contributed by atoms with E-state index in [1.54, 1.807) is 14.2 Å². The lowest BCUT2D eigenvalue weighted by Crippen LogP contribution is -2.20. The van der Waals surface area contributed by atoms with Crippen LogP contribution in [0.4, 0.5) is 5.69 Å². The molecule has 0 unspecified atom stereocenters. The Morgan fingerprint density at radius 2 is 1.88 bits per heavy atom. The second-order valence-electron chi connectivity index (χ2n) is 4.03. The van der Waals surface area contributed by atoms with Gasteiger partial charge < -0.3 is 19.7 Å². The molecule has 0 saturated carbocycles. The van der Waals surface area contributed by atoms with Gasteiger partial charge in [0.2, 0.25) is 0 Å². The molecule has 0 saturated heterocycles. The molecule has 0 spiro atoms. The monoisotopic (exact) mass is 222 g/mol. The molecule has 4 nitrogen and oxygen atoms in total. The maximum Gasteiger partial charge on any atom is 0.162 e. The van der Waals surface area contributed by atoms with Crippen LogP contribution in [0.15, 0.2) is 12.1 Å². The fraction of sp³-hybridized carbons (Fsp3) is 0.500. The predicted octanol–water partition coefficient (Wildman–Crippen LogP) is 1.56. The Hall–Kier alpha value is -1.42. The molecule has 1 aliphatic heterocycles. The first-order chi connectivity index (χ1) is 7.74. The van der Waals surface area contributed by atoms with Crippen molar-refractivity contribution in [3.8, 4) is 11.5 Å². The van der Waals surface area contributed by atoms with Gasteiger partial charge in [-0.1, -0.05) is 0 Å². The zero-order valence-electron chi connectivity index (χ0n) is 10.0. The van der Waals surface area contributed by atoms with Crippen LogP contribution in [-0.2, 0) is 6.54 Å². The minimum absolute atomic E-state index is 0.776. The Balaban J connectivity index is 2.41. The smallest absolute Gasteiger partial charge is 0.162 e. The highest BCUT2D eigenvalue weighted by Crippen LogP contribution is 2.34. The topological polar surface area (TPSA) is 33.7 Å². The van der Waals surface area contributed by atoms with E-state index in [4.69, 9.17) is 9.47 Å². The Morgan fingerprint density at radius 3 is 2.56 bits per heavy atom. The van der Waals surface area contributed by atoms with Gasteiger partial charge in [-0.05, 0) is 18.7 Å². The van der Waals surface area contributed by atoms with E-state index < -0.39 is 0 Å². The molecule has 88 valence electrons. The van der Waals surface area contributed by atoms with Crippen molar-refractivity contribution in [3.63, 3.8) is 0 Å². The summed E-state index contributed by atoms with van der Waals surface area (Å²) >= 11 is 0. The molecule has 0 aliphatic carbocycles. The quantitative estimate of drug-likeness (QED) is 0.823. The van der Waals surface area contributed by atoms with Crippen molar-refractivity contribution in [3.05, 3.63) is 17.7 Å². The highest BCUT2D eigenvalue weighted by molar-refractivity contribution is 5.61. The van der Waals surface area contributed by atoms with Gasteiger partial charge in [-0.15, -0.1) is 0 Å². The molecule has 0 aromatic heterocycles. The third kappa shape index (κ3) is 2.07. The molecule has 4 heteroatoms. The van der Waals surface area contributed by atoms with Crippen LogP contribution in [0.5, 0.6) is 11.5 Å². The standard InChI is InChI=1S/C12H18N2O2/c1-14-5-4-13-10-7-12(16-3)11(15-2)6-9(10)8-14/h6-7,13H,4-5,8H2,1-3H3. The highest BCUT2D eigenvalue weighted by Gasteiger charge is 2.15.